The first-order valence-electron chi connectivity index (χ1n) is 5.16. The molecule has 0 aliphatic carbocycles. The third-order valence-corrected chi connectivity index (χ3v) is 2.35. The minimum atomic E-state index is -1.39. The number of carboxylic acids is 2. The minimum absolute atomic E-state index is 0.0162. The van der Waals surface area contributed by atoms with Crippen LogP contribution in [0.5, 0.6) is 0 Å². The molecule has 10 heteroatoms. The van der Waals surface area contributed by atoms with Crippen molar-refractivity contribution < 1.29 is 29.4 Å². The van der Waals surface area contributed by atoms with Gasteiger partial charge in [0.2, 0.25) is 11.8 Å². The summed E-state index contributed by atoms with van der Waals surface area (Å²) in [6, 6.07) is -2.39. The standard InChI is InChI=1S/C9H15N3O6S/c10-4(3-19)8(17)12-5(1-6(13)14)9(18)11-2-7(15)16/h4-5,19H,1-3,10H2,(H,11,18)(H,12,17)(H,13,14)(H,15,16). The van der Waals surface area contributed by atoms with Gasteiger partial charge in [-0.05, 0) is 0 Å². The summed E-state index contributed by atoms with van der Waals surface area (Å²) in [5, 5.41) is 21.1. The fourth-order valence-electron chi connectivity index (χ4n) is 1.03. The van der Waals surface area contributed by atoms with E-state index < -0.39 is 48.8 Å². The van der Waals surface area contributed by atoms with Crippen molar-refractivity contribution in [2.24, 2.45) is 5.73 Å². The van der Waals surface area contributed by atoms with Gasteiger partial charge in [0.05, 0.1) is 12.5 Å². The Labute approximate surface area is 113 Å². The van der Waals surface area contributed by atoms with E-state index >= 15 is 0 Å². The van der Waals surface area contributed by atoms with Crippen molar-refractivity contribution in [2.45, 2.75) is 18.5 Å². The summed E-state index contributed by atoms with van der Waals surface area (Å²) in [6.45, 7) is -0.677. The highest BCUT2D eigenvalue weighted by Crippen LogP contribution is 1.95. The van der Waals surface area contributed by atoms with Crippen LogP contribution in [0.25, 0.3) is 0 Å². The largest absolute Gasteiger partial charge is 0.481 e. The van der Waals surface area contributed by atoms with Crippen molar-refractivity contribution in [1.82, 2.24) is 10.6 Å². The second-order valence-electron chi connectivity index (χ2n) is 3.56. The highest BCUT2D eigenvalue weighted by atomic mass is 32.1. The van der Waals surface area contributed by atoms with Crippen LogP contribution in [-0.4, -0.2) is 58.3 Å². The van der Waals surface area contributed by atoms with E-state index in [4.69, 9.17) is 15.9 Å². The molecule has 0 saturated carbocycles. The number of carbonyl (C=O) groups excluding carboxylic acids is 2. The van der Waals surface area contributed by atoms with Crippen molar-refractivity contribution in [3.05, 3.63) is 0 Å². The number of amides is 2. The lowest BCUT2D eigenvalue weighted by Gasteiger charge is -2.18. The zero-order chi connectivity index (χ0) is 15.0. The van der Waals surface area contributed by atoms with E-state index in [0.29, 0.717) is 0 Å². The lowest BCUT2D eigenvalue weighted by molar-refractivity contribution is -0.141. The van der Waals surface area contributed by atoms with Crippen LogP contribution in [0.2, 0.25) is 0 Å². The van der Waals surface area contributed by atoms with Gasteiger partial charge in [-0.2, -0.15) is 12.6 Å². The zero-order valence-corrected chi connectivity index (χ0v) is 10.7. The van der Waals surface area contributed by atoms with Crippen LogP contribution in [-0.2, 0) is 19.2 Å². The van der Waals surface area contributed by atoms with E-state index in [1.807, 2.05) is 5.32 Å². The maximum atomic E-state index is 11.5. The molecule has 0 fully saturated rings. The topological polar surface area (TPSA) is 159 Å². The van der Waals surface area contributed by atoms with Crippen molar-refractivity contribution >= 4 is 36.4 Å². The summed E-state index contributed by atoms with van der Waals surface area (Å²) in [7, 11) is 0. The number of thiol groups is 1. The van der Waals surface area contributed by atoms with Crippen LogP contribution in [0, 0.1) is 0 Å². The smallest absolute Gasteiger partial charge is 0.322 e. The van der Waals surface area contributed by atoms with Crippen molar-refractivity contribution in [2.75, 3.05) is 12.3 Å². The molecule has 9 nitrogen and oxygen atoms in total. The Bertz CT molecular complexity index is 375. The van der Waals surface area contributed by atoms with E-state index in [1.54, 1.807) is 0 Å². The normalized spacial score (nSPS) is 13.2. The van der Waals surface area contributed by atoms with Gasteiger partial charge in [0.15, 0.2) is 0 Å². The Morgan fingerprint density at radius 2 is 1.68 bits per heavy atom. The molecular formula is C9H15N3O6S. The third kappa shape index (κ3) is 7.26. The van der Waals surface area contributed by atoms with Crippen LogP contribution >= 0.6 is 12.6 Å². The molecule has 2 atom stereocenters. The fourth-order valence-corrected chi connectivity index (χ4v) is 1.20. The van der Waals surface area contributed by atoms with Gasteiger partial charge in [-0.1, -0.05) is 0 Å². The van der Waals surface area contributed by atoms with Gasteiger partial charge < -0.3 is 26.6 Å². The van der Waals surface area contributed by atoms with Crippen molar-refractivity contribution in [1.29, 1.82) is 0 Å². The van der Waals surface area contributed by atoms with Crippen LogP contribution in [0.4, 0.5) is 0 Å². The number of carboxylic acid groups (broad SMARTS) is 2. The van der Waals surface area contributed by atoms with Crippen LogP contribution < -0.4 is 16.4 Å². The zero-order valence-electron chi connectivity index (χ0n) is 9.83. The summed E-state index contributed by atoms with van der Waals surface area (Å²) in [5.41, 5.74) is 5.36. The quantitative estimate of drug-likeness (QED) is 0.268. The van der Waals surface area contributed by atoms with E-state index in [1.165, 1.54) is 0 Å². The Hall–Kier alpha value is -1.81. The molecule has 0 bridgehead atoms. The molecule has 0 aromatic carbocycles. The Balaban J connectivity index is 4.61. The SMILES string of the molecule is NC(CS)C(=O)NC(CC(=O)O)C(=O)NCC(=O)O. The molecule has 0 saturated heterocycles. The molecule has 0 aromatic rings. The molecule has 0 aliphatic heterocycles. The van der Waals surface area contributed by atoms with Crippen molar-refractivity contribution in [3.8, 4) is 0 Å². The monoisotopic (exact) mass is 293 g/mol. The number of carbonyl (C=O) groups is 4. The fraction of sp³-hybridized carbons (Fsp3) is 0.556. The average Bonchev–Trinajstić information content (AvgIpc) is 2.33. The maximum absolute atomic E-state index is 11.5. The van der Waals surface area contributed by atoms with Gasteiger partial charge in [0.1, 0.15) is 12.6 Å². The van der Waals surface area contributed by atoms with Crippen LogP contribution in [0.1, 0.15) is 6.42 Å². The first kappa shape index (κ1) is 17.2. The van der Waals surface area contributed by atoms with Gasteiger partial charge in [0.25, 0.3) is 0 Å². The predicted octanol–water partition coefficient (Wildman–Crippen LogP) is -2.60. The highest BCUT2D eigenvalue weighted by molar-refractivity contribution is 7.80. The molecular weight excluding hydrogens is 278 g/mol. The summed E-state index contributed by atoms with van der Waals surface area (Å²) < 4.78 is 0. The lowest BCUT2D eigenvalue weighted by Crippen LogP contribution is -2.53. The van der Waals surface area contributed by atoms with E-state index in [2.05, 4.69) is 17.9 Å². The molecule has 6 N–H and O–H groups in total. The van der Waals surface area contributed by atoms with Gasteiger partial charge in [-0.25, -0.2) is 0 Å². The molecule has 0 spiro atoms. The number of aliphatic carboxylic acids is 2. The molecule has 108 valence electrons. The summed E-state index contributed by atoms with van der Waals surface area (Å²) in [5.74, 6) is -4.25. The first-order chi connectivity index (χ1) is 8.77. The number of rotatable bonds is 8. The number of nitrogens with one attached hydrogen (secondary N) is 2. The molecule has 0 aliphatic rings. The molecule has 0 heterocycles. The number of hydrogen-bond acceptors (Lipinski definition) is 6. The van der Waals surface area contributed by atoms with E-state index in [9.17, 15) is 19.2 Å². The van der Waals surface area contributed by atoms with E-state index in [-0.39, 0.29) is 5.75 Å². The first-order valence-corrected chi connectivity index (χ1v) is 5.79. The minimum Gasteiger partial charge on any atom is -0.481 e. The summed E-state index contributed by atoms with van der Waals surface area (Å²) in [4.78, 5) is 43.8. The second-order valence-corrected chi connectivity index (χ2v) is 3.92. The van der Waals surface area contributed by atoms with Gasteiger partial charge in [-0.3, -0.25) is 19.2 Å². The van der Waals surface area contributed by atoms with Crippen LogP contribution in [0.3, 0.4) is 0 Å². The summed E-state index contributed by atoms with van der Waals surface area (Å²) in [6.07, 6.45) is -0.684. The molecule has 0 aromatic heterocycles. The molecule has 2 unspecified atom stereocenters. The summed E-state index contributed by atoms with van der Waals surface area (Å²) >= 11 is 3.79. The molecule has 2 amide bonds. The van der Waals surface area contributed by atoms with Gasteiger partial charge in [-0.15, -0.1) is 0 Å². The predicted molar refractivity (Wildman–Crippen MR) is 66.7 cm³/mol. The molecule has 19 heavy (non-hydrogen) atoms. The maximum Gasteiger partial charge on any atom is 0.322 e. The third-order valence-electron chi connectivity index (χ3n) is 1.96. The average molecular weight is 293 g/mol. The van der Waals surface area contributed by atoms with Crippen molar-refractivity contribution in [3.63, 3.8) is 0 Å². The number of nitrogens with two attached hydrogens (primary N) is 1. The second kappa shape index (κ2) is 8.32. The van der Waals surface area contributed by atoms with Gasteiger partial charge >= 0.3 is 11.9 Å². The highest BCUT2D eigenvalue weighted by Gasteiger charge is 2.25. The van der Waals surface area contributed by atoms with Crippen LogP contribution in [0.15, 0.2) is 0 Å². The Morgan fingerprint density at radius 1 is 1.11 bits per heavy atom. The van der Waals surface area contributed by atoms with Gasteiger partial charge in [0, 0.05) is 5.75 Å². The molecule has 0 radical (unpaired) electrons. The van der Waals surface area contributed by atoms with E-state index in [0.717, 1.165) is 0 Å². The number of hydrogen-bond donors (Lipinski definition) is 6. The Kier molecular flexibility index (Phi) is 7.53. The molecule has 0 rings (SSSR count). The Morgan fingerprint density at radius 3 is 2.11 bits per heavy atom. The lowest BCUT2D eigenvalue weighted by atomic mass is 10.1.